The van der Waals surface area contributed by atoms with Gasteiger partial charge in [0.2, 0.25) is 5.91 Å². The summed E-state index contributed by atoms with van der Waals surface area (Å²) in [5.74, 6) is -1.60. The van der Waals surface area contributed by atoms with Crippen molar-refractivity contribution >= 4 is 33.2 Å². The Morgan fingerprint density at radius 1 is 1.47 bits per heavy atom. The largest absolute Gasteiger partial charge is 0.368 e. The van der Waals surface area contributed by atoms with Crippen molar-refractivity contribution in [2.75, 3.05) is 6.61 Å². The molecule has 0 radical (unpaired) electrons. The number of benzene rings is 1. The summed E-state index contributed by atoms with van der Waals surface area (Å²) in [5.41, 5.74) is 7.51. The Bertz CT molecular complexity index is 654. The van der Waals surface area contributed by atoms with Crippen LogP contribution < -0.4 is 11.2 Å². The van der Waals surface area contributed by atoms with E-state index in [4.69, 9.17) is 5.73 Å². The van der Waals surface area contributed by atoms with Gasteiger partial charge in [0.1, 0.15) is 5.82 Å². The average Bonchev–Trinajstić information content (AvgIpc) is 2.67. The summed E-state index contributed by atoms with van der Waals surface area (Å²) in [7, 11) is 0. The number of carbonyl (C=O) groups excluding carboxylic acids is 2. The summed E-state index contributed by atoms with van der Waals surface area (Å²) in [5, 5.41) is 0.424. The molecule has 0 aliphatic carbocycles. The van der Waals surface area contributed by atoms with Crippen molar-refractivity contribution in [3.8, 4) is 0 Å². The summed E-state index contributed by atoms with van der Waals surface area (Å²) in [6.45, 7) is 1.24. The normalized spacial score (nSPS) is 10.6. The number of primary amides is 1. The first kappa shape index (κ1) is 13.4. The maximum Gasteiger partial charge on any atom is 0.285 e. The van der Waals surface area contributed by atoms with E-state index < -0.39 is 18.4 Å². The van der Waals surface area contributed by atoms with Gasteiger partial charge in [0, 0.05) is 10.1 Å². The van der Waals surface area contributed by atoms with Crippen molar-refractivity contribution in [1.82, 2.24) is 5.48 Å². The molecule has 1 aromatic heterocycles. The molecule has 0 saturated heterocycles. The first-order chi connectivity index (χ1) is 9.00. The lowest BCUT2D eigenvalue weighted by atomic mass is 10.1. The third-order valence-corrected chi connectivity index (χ3v) is 3.74. The lowest BCUT2D eigenvalue weighted by Gasteiger charge is -2.02. The predicted octanol–water partition coefficient (Wildman–Crippen LogP) is 1.50. The summed E-state index contributed by atoms with van der Waals surface area (Å²) < 4.78 is 14.3. The van der Waals surface area contributed by atoms with Gasteiger partial charge in [0.15, 0.2) is 6.61 Å². The molecule has 0 aliphatic heterocycles. The number of amides is 2. The number of nitrogens with two attached hydrogens (primary N) is 1. The predicted molar refractivity (Wildman–Crippen MR) is 69.1 cm³/mol. The molecule has 100 valence electrons. The third-order valence-electron chi connectivity index (χ3n) is 2.49. The molecule has 0 aliphatic rings. The molecule has 2 aromatic rings. The molecular weight excluding hydrogens is 271 g/mol. The van der Waals surface area contributed by atoms with E-state index in [0.29, 0.717) is 20.5 Å². The van der Waals surface area contributed by atoms with E-state index in [1.54, 1.807) is 19.1 Å². The Kier molecular flexibility index (Phi) is 3.77. The molecular formula is C12H11FN2O3S. The fourth-order valence-electron chi connectivity index (χ4n) is 1.69. The van der Waals surface area contributed by atoms with Crippen LogP contribution in [-0.2, 0) is 9.63 Å². The molecule has 2 amide bonds. The number of nitrogens with one attached hydrogen (secondary N) is 1. The number of hydrogen-bond acceptors (Lipinski definition) is 4. The maximum absolute atomic E-state index is 13.7. The van der Waals surface area contributed by atoms with Gasteiger partial charge in [-0.2, -0.15) is 0 Å². The Hall–Kier alpha value is -1.99. The van der Waals surface area contributed by atoms with Gasteiger partial charge in [-0.25, -0.2) is 9.87 Å². The number of fused-ring (bicyclic) bond motifs is 1. The van der Waals surface area contributed by atoms with Gasteiger partial charge in [0.25, 0.3) is 5.91 Å². The third kappa shape index (κ3) is 2.72. The molecule has 7 heteroatoms. The van der Waals surface area contributed by atoms with E-state index in [0.717, 1.165) is 11.3 Å². The molecule has 0 bridgehead atoms. The van der Waals surface area contributed by atoms with Crippen LogP contribution in [0.25, 0.3) is 10.1 Å². The summed E-state index contributed by atoms with van der Waals surface area (Å²) in [6, 6.07) is 4.66. The monoisotopic (exact) mass is 282 g/mol. The number of carbonyl (C=O) groups is 2. The van der Waals surface area contributed by atoms with Gasteiger partial charge in [0.05, 0.1) is 4.88 Å². The minimum atomic E-state index is -0.695. The molecule has 0 fully saturated rings. The highest BCUT2D eigenvalue weighted by molar-refractivity contribution is 7.21. The lowest BCUT2D eigenvalue weighted by Crippen LogP contribution is -2.29. The Morgan fingerprint density at radius 3 is 2.84 bits per heavy atom. The standard InChI is InChI=1S/C12H11FN2O3S/c1-6-10-7(13)3-2-4-8(10)19-11(6)12(17)15-18-5-9(14)16/h2-4H,5H2,1H3,(H2,14,16)(H,15,17). The van der Waals surface area contributed by atoms with Crippen molar-refractivity contribution in [3.05, 3.63) is 34.5 Å². The van der Waals surface area contributed by atoms with Crippen LogP contribution >= 0.6 is 11.3 Å². The molecule has 3 N–H and O–H groups in total. The van der Waals surface area contributed by atoms with Crippen LogP contribution in [0, 0.1) is 12.7 Å². The molecule has 0 saturated carbocycles. The first-order valence-electron chi connectivity index (χ1n) is 5.38. The van der Waals surface area contributed by atoms with Crippen LogP contribution in [0.5, 0.6) is 0 Å². The summed E-state index contributed by atoms with van der Waals surface area (Å²) >= 11 is 1.16. The van der Waals surface area contributed by atoms with E-state index in [2.05, 4.69) is 10.3 Å². The van der Waals surface area contributed by atoms with Gasteiger partial charge in [-0.3, -0.25) is 14.4 Å². The molecule has 0 unspecified atom stereocenters. The minimum Gasteiger partial charge on any atom is -0.368 e. The van der Waals surface area contributed by atoms with Crippen molar-refractivity contribution in [2.45, 2.75) is 6.92 Å². The molecule has 0 spiro atoms. The van der Waals surface area contributed by atoms with Crippen LogP contribution in [0.15, 0.2) is 18.2 Å². The quantitative estimate of drug-likeness (QED) is 0.834. The van der Waals surface area contributed by atoms with E-state index in [1.165, 1.54) is 6.07 Å². The highest BCUT2D eigenvalue weighted by atomic mass is 32.1. The fourth-order valence-corrected chi connectivity index (χ4v) is 2.80. The second-order valence-electron chi connectivity index (χ2n) is 3.86. The summed E-state index contributed by atoms with van der Waals surface area (Å²) in [6.07, 6.45) is 0. The number of hydroxylamine groups is 1. The van der Waals surface area contributed by atoms with Crippen LogP contribution in [0.3, 0.4) is 0 Å². The van der Waals surface area contributed by atoms with E-state index in [9.17, 15) is 14.0 Å². The SMILES string of the molecule is Cc1c(C(=O)NOCC(N)=O)sc2cccc(F)c12. The maximum atomic E-state index is 13.7. The van der Waals surface area contributed by atoms with E-state index >= 15 is 0 Å². The van der Waals surface area contributed by atoms with Crippen LogP contribution in [0.4, 0.5) is 4.39 Å². The highest BCUT2D eigenvalue weighted by Crippen LogP contribution is 2.32. The Balaban J connectivity index is 2.25. The number of rotatable bonds is 4. The Morgan fingerprint density at radius 2 is 2.21 bits per heavy atom. The molecule has 1 aromatic carbocycles. The zero-order valence-corrected chi connectivity index (χ0v) is 10.8. The van der Waals surface area contributed by atoms with E-state index in [-0.39, 0.29) is 5.82 Å². The van der Waals surface area contributed by atoms with Crippen molar-refractivity contribution < 1.29 is 18.8 Å². The van der Waals surface area contributed by atoms with Crippen molar-refractivity contribution in [3.63, 3.8) is 0 Å². The molecule has 1 heterocycles. The second kappa shape index (κ2) is 5.33. The van der Waals surface area contributed by atoms with Crippen molar-refractivity contribution in [1.29, 1.82) is 0 Å². The van der Waals surface area contributed by atoms with Crippen LogP contribution in [0.1, 0.15) is 15.2 Å². The van der Waals surface area contributed by atoms with Crippen LogP contribution in [0.2, 0.25) is 0 Å². The zero-order chi connectivity index (χ0) is 14.0. The van der Waals surface area contributed by atoms with Gasteiger partial charge < -0.3 is 5.73 Å². The van der Waals surface area contributed by atoms with Gasteiger partial charge in [-0.15, -0.1) is 11.3 Å². The first-order valence-corrected chi connectivity index (χ1v) is 6.20. The highest BCUT2D eigenvalue weighted by Gasteiger charge is 2.17. The molecule has 5 nitrogen and oxygen atoms in total. The smallest absolute Gasteiger partial charge is 0.285 e. The van der Waals surface area contributed by atoms with Gasteiger partial charge >= 0.3 is 0 Å². The molecule has 2 rings (SSSR count). The minimum absolute atomic E-state index is 0.338. The Labute approximate surface area is 112 Å². The molecule has 0 atom stereocenters. The number of thiophene rings is 1. The fraction of sp³-hybridized carbons (Fsp3) is 0.167. The number of hydrogen-bond donors (Lipinski definition) is 2. The van der Waals surface area contributed by atoms with Crippen molar-refractivity contribution in [2.24, 2.45) is 5.73 Å². The number of aryl methyl sites for hydroxylation is 1. The van der Waals surface area contributed by atoms with Gasteiger partial charge in [-0.05, 0) is 24.6 Å². The zero-order valence-electron chi connectivity index (χ0n) is 10.0. The second-order valence-corrected chi connectivity index (χ2v) is 4.91. The van der Waals surface area contributed by atoms with Crippen LogP contribution in [-0.4, -0.2) is 18.4 Å². The molecule has 19 heavy (non-hydrogen) atoms. The lowest BCUT2D eigenvalue weighted by molar-refractivity contribution is -0.124. The average molecular weight is 282 g/mol. The summed E-state index contributed by atoms with van der Waals surface area (Å²) in [4.78, 5) is 27.3. The van der Waals surface area contributed by atoms with Gasteiger partial charge in [-0.1, -0.05) is 6.07 Å². The topological polar surface area (TPSA) is 81.4 Å². The van der Waals surface area contributed by atoms with E-state index in [1.807, 2.05) is 0 Å². The number of halogens is 1.